The van der Waals surface area contributed by atoms with Crippen LogP contribution in [0.15, 0.2) is 36.4 Å². The van der Waals surface area contributed by atoms with E-state index < -0.39 is 12.0 Å². The Morgan fingerprint density at radius 1 is 1.15 bits per heavy atom. The second-order valence-electron chi connectivity index (χ2n) is 6.42. The van der Waals surface area contributed by atoms with Crippen molar-refractivity contribution in [3.05, 3.63) is 57.6 Å². The van der Waals surface area contributed by atoms with Crippen LogP contribution in [0.5, 0.6) is 11.5 Å². The van der Waals surface area contributed by atoms with Gasteiger partial charge in [0, 0.05) is 16.6 Å². The lowest BCUT2D eigenvalue weighted by atomic mass is 9.95. The third kappa shape index (κ3) is 3.11. The Bertz CT molecular complexity index is 857. The molecule has 0 aliphatic carbocycles. The second kappa shape index (κ2) is 6.99. The summed E-state index contributed by atoms with van der Waals surface area (Å²) in [5.74, 6) is 0.521. The number of carboxylic acids is 1. The molecule has 136 valence electrons. The fourth-order valence-electron chi connectivity index (χ4n) is 3.72. The first-order chi connectivity index (χ1) is 12.5. The highest BCUT2D eigenvalue weighted by Gasteiger charge is 2.38. The topological polar surface area (TPSA) is 59.0 Å². The monoisotopic (exact) mass is 393 g/mol. The van der Waals surface area contributed by atoms with Gasteiger partial charge in [-0.1, -0.05) is 35.3 Å². The van der Waals surface area contributed by atoms with Crippen molar-refractivity contribution in [1.82, 2.24) is 4.90 Å². The van der Waals surface area contributed by atoms with Crippen LogP contribution in [-0.4, -0.2) is 35.4 Å². The van der Waals surface area contributed by atoms with Crippen LogP contribution in [0.3, 0.4) is 0 Å². The highest BCUT2D eigenvalue weighted by molar-refractivity contribution is 6.35. The van der Waals surface area contributed by atoms with Gasteiger partial charge in [-0.3, -0.25) is 9.69 Å². The predicted molar refractivity (Wildman–Crippen MR) is 98.2 cm³/mol. The van der Waals surface area contributed by atoms with Gasteiger partial charge in [0.15, 0.2) is 11.5 Å². The number of hydrogen-bond donors (Lipinski definition) is 1. The van der Waals surface area contributed by atoms with Gasteiger partial charge in [-0.2, -0.15) is 0 Å². The summed E-state index contributed by atoms with van der Waals surface area (Å²) < 4.78 is 10.9. The Kier molecular flexibility index (Phi) is 4.69. The maximum Gasteiger partial charge on any atom is 0.320 e. The lowest BCUT2D eigenvalue weighted by Crippen LogP contribution is -2.39. The Morgan fingerprint density at radius 2 is 1.96 bits per heavy atom. The Morgan fingerprint density at radius 3 is 2.73 bits per heavy atom. The van der Waals surface area contributed by atoms with Crippen molar-refractivity contribution in [2.45, 2.75) is 24.9 Å². The van der Waals surface area contributed by atoms with Crippen LogP contribution in [-0.2, 0) is 4.79 Å². The predicted octanol–water partition coefficient (Wildman–Crippen LogP) is 4.36. The number of rotatable bonds is 4. The number of carbonyl (C=O) groups is 1. The molecule has 4 rings (SSSR count). The molecule has 5 nitrogen and oxygen atoms in total. The second-order valence-corrected chi connectivity index (χ2v) is 7.26. The van der Waals surface area contributed by atoms with Gasteiger partial charge in [-0.25, -0.2) is 0 Å². The van der Waals surface area contributed by atoms with Gasteiger partial charge in [0.05, 0.1) is 6.04 Å². The SMILES string of the molecule is O=C(O)C1CCCN1C(c1ccc2c(c1)OCO2)c1ccc(Cl)cc1Cl. The highest BCUT2D eigenvalue weighted by atomic mass is 35.5. The number of ether oxygens (including phenoxy) is 2. The van der Waals surface area contributed by atoms with E-state index in [1.807, 2.05) is 29.2 Å². The molecule has 1 fully saturated rings. The molecule has 0 spiro atoms. The number of halogens is 2. The fourth-order valence-corrected chi connectivity index (χ4v) is 4.23. The minimum absolute atomic E-state index is 0.187. The minimum atomic E-state index is -0.821. The summed E-state index contributed by atoms with van der Waals surface area (Å²) in [4.78, 5) is 13.7. The summed E-state index contributed by atoms with van der Waals surface area (Å²) in [6.07, 6.45) is 1.44. The van der Waals surface area contributed by atoms with Crippen molar-refractivity contribution in [2.75, 3.05) is 13.3 Å². The van der Waals surface area contributed by atoms with E-state index in [0.717, 1.165) is 17.5 Å². The summed E-state index contributed by atoms with van der Waals surface area (Å²) in [5.41, 5.74) is 1.73. The molecule has 0 amide bonds. The molecular formula is C19H17Cl2NO4. The zero-order valence-electron chi connectivity index (χ0n) is 13.8. The third-order valence-electron chi connectivity index (χ3n) is 4.88. The number of benzene rings is 2. The van der Waals surface area contributed by atoms with Crippen molar-refractivity contribution in [3.63, 3.8) is 0 Å². The van der Waals surface area contributed by atoms with Crippen LogP contribution in [0.2, 0.25) is 10.0 Å². The van der Waals surface area contributed by atoms with E-state index in [0.29, 0.717) is 34.5 Å². The number of aliphatic carboxylic acids is 1. The zero-order chi connectivity index (χ0) is 18.3. The highest BCUT2D eigenvalue weighted by Crippen LogP contribution is 2.42. The van der Waals surface area contributed by atoms with Crippen LogP contribution >= 0.6 is 23.2 Å². The average Bonchev–Trinajstić information content (AvgIpc) is 3.26. The largest absolute Gasteiger partial charge is 0.480 e. The number of likely N-dealkylation sites (tertiary alicyclic amines) is 1. The molecule has 2 aliphatic heterocycles. The lowest BCUT2D eigenvalue weighted by Gasteiger charge is -2.32. The number of hydrogen-bond acceptors (Lipinski definition) is 4. The molecule has 0 radical (unpaired) electrons. The van der Waals surface area contributed by atoms with Crippen molar-refractivity contribution < 1.29 is 19.4 Å². The molecule has 26 heavy (non-hydrogen) atoms. The Hall–Kier alpha value is -1.95. The third-order valence-corrected chi connectivity index (χ3v) is 5.44. The fraction of sp³-hybridized carbons (Fsp3) is 0.316. The van der Waals surface area contributed by atoms with Crippen LogP contribution in [0.1, 0.15) is 30.0 Å². The smallest absolute Gasteiger partial charge is 0.320 e. The van der Waals surface area contributed by atoms with E-state index >= 15 is 0 Å². The maximum absolute atomic E-state index is 11.8. The van der Waals surface area contributed by atoms with Crippen molar-refractivity contribution in [1.29, 1.82) is 0 Å². The summed E-state index contributed by atoms with van der Waals surface area (Å²) in [6.45, 7) is 0.863. The summed E-state index contributed by atoms with van der Waals surface area (Å²) in [6, 6.07) is 10.1. The average molecular weight is 394 g/mol. The molecule has 2 heterocycles. The molecule has 2 aromatic rings. The molecule has 0 saturated carbocycles. The molecule has 1 N–H and O–H groups in total. The van der Waals surface area contributed by atoms with E-state index in [2.05, 4.69) is 0 Å². The summed E-state index contributed by atoms with van der Waals surface area (Å²) in [5, 5.41) is 10.7. The van der Waals surface area contributed by atoms with Crippen LogP contribution in [0.25, 0.3) is 0 Å². The first-order valence-electron chi connectivity index (χ1n) is 8.37. The van der Waals surface area contributed by atoms with Gasteiger partial charge < -0.3 is 14.6 Å². The van der Waals surface area contributed by atoms with E-state index in [1.54, 1.807) is 12.1 Å². The van der Waals surface area contributed by atoms with Gasteiger partial charge in [0.2, 0.25) is 6.79 Å². The normalized spacial score (nSPS) is 20.3. The number of carboxylic acid groups (broad SMARTS) is 1. The molecule has 2 unspecified atom stereocenters. The molecule has 7 heteroatoms. The first-order valence-corrected chi connectivity index (χ1v) is 9.13. The Labute approximate surface area is 161 Å². The van der Waals surface area contributed by atoms with Crippen LogP contribution in [0.4, 0.5) is 0 Å². The quantitative estimate of drug-likeness (QED) is 0.835. The minimum Gasteiger partial charge on any atom is -0.480 e. The lowest BCUT2D eigenvalue weighted by molar-refractivity contribution is -0.142. The van der Waals surface area contributed by atoms with Gasteiger partial charge in [-0.15, -0.1) is 0 Å². The van der Waals surface area contributed by atoms with Gasteiger partial charge in [-0.05, 0) is 48.2 Å². The summed E-state index contributed by atoms with van der Waals surface area (Å²) in [7, 11) is 0. The molecule has 2 aliphatic rings. The van der Waals surface area contributed by atoms with Gasteiger partial charge >= 0.3 is 5.97 Å². The molecule has 2 aromatic carbocycles. The van der Waals surface area contributed by atoms with E-state index in [9.17, 15) is 9.90 Å². The molecule has 2 atom stereocenters. The van der Waals surface area contributed by atoms with E-state index in [1.165, 1.54) is 0 Å². The van der Waals surface area contributed by atoms with Gasteiger partial charge in [0.1, 0.15) is 6.04 Å². The van der Waals surface area contributed by atoms with Crippen LogP contribution < -0.4 is 9.47 Å². The number of nitrogens with zero attached hydrogens (tertiary/aromatic N) is 1. The van der Waals surface area contributed by atoms with E-state index in [-0.39, 0.29) is 12.8 Å². The molecule has 0 bridgehead atoms. The molecular weight excluding hydrogens is 377 g/mol. The van der Waals surface area contributed by atoms with Crippen molar-refractivity contribution in [3.8, 4) is 11.5 Å². The van der Waals surface area contributed by atoms with Crippen molar-refractivity contribution in [2.24, 2.45) is 0 Å². The van der Waals surface area contributed by atoms with E-state index in [4.69, 9.17) is 32.7 Å². The molecule has 0 aromatic heterocycles. The van der Waals surface area contributed by atoms with Crippen molar-refractivity contribution >= 4 is 29.2 Å². The first kappa shape index (κ1) is 17.5. The Balaban J connectivity index is 1.82. The summed E-state index contributed by atoms with van der Waals surface area (Å²) >= 11 is 12.5. The van der Waals surface area contributed by atoms with Crippen LogP contribution in [0, 0.1) is 0 Å². The molecule has 1 saturated heterocycles. The van der Waals surface area contributed by atoms with Gasteiger partial charge in [0.25, 0.3) is 0 Å². The maximum atomic E-state index is 11.8. The zero-order valence-corrected chi connectivity index (χ0v) is 15.3. The number of fused-ring (bicyclic) bond motifs is 1. The standard InChI is InChI=1S/C19H17Cl2NO4/c20-12-4-5-13(14(21)9-12)18(22-7-1-2-15(22)19(23)24)11-3-6-16-17(8-11)26-10-25-16/h3-6,8-9,15,18H,1-2,7,10H2,(H,23,24).